The number of hydrogen-bond donors (Lipinski definition) is 4. The molecule has 10 heteroatoms. The van der Waals surface area contributed by atoms with Crippen LogP contribution in [0.4, 0.5) is 4.79 Å². The normalized spacial score (nSPS) is 11.1. The van der Waals surface area contributed by atoms with Crippen molar-refractivity contribution in [2.75, 3.05) is 13.2 Å². The third-order valence-corrected chi connectivity index (χ3v) is 3.01. The second-order valence-corrected chi connectivity index (χ2v) is 6.56. The lowest BCUT2D eigenvalue weighted by Gasteiger charge is -2.17. The summed E-state index contributed by atoms with van der Waals surface area (Å²) in [5.41, 5.74) is 1.29. The molecule has 6 N–H and O–H groups in total. The standard InChI is InChI=1S/C13H23N3O2.C4H4O4.H2O/c1-13(2,3)6-7-15-12(17)18-8-4-5-11-9-14-10-16-11;5-1-3(7)4(8)2-6;/h9-10H,4-8H2,1-3H3,(H,14,16)(H,15,17);1-2,7-8H;1H2. The Morgan fingerprint density at radius 2 is 1.85 bits per heavy atom. The summed E-state index contributed by atoms with van der Waals surface area (Å²) in [5, 5.41) is 19.1. The lowest BCUT2D eigenvalue weighted by molar-refractivity contribution is -0.110. The number of nitrogens with one attached hydrogen (secondary N) is 2. The Balaban J connectivity index is 0. The molecule has 0 radical (unpaired) electrons. The number of imidazole rings is 1. The molecule has 1 amide bonds. The van der Waals surface area contributed by atoms with E-state index in [1.54, 1.807) is 12.5 Å². The number of alkyl carbamates (subject to hydrolysis) is 1. The predicted molar refractivity (Wildman–Crippen MR) is 98.4 cm³/mol. The Hall–Kier alpha value is -2.88. The van der Waals surface area contributed by atoms with E-state index in [1.165, 1.54) is 0 Å². The molecule has 0 saturated heterocycles. The number of aromatic nitrogens is 2. The van der Waals surface area contributed by atoms with Gasteiger partial charge in [-0.25, -0.2) is 9.78 Å². The first-order chi connectivity index (χ1) is 12.2. The molecule has 0 atom stereocenters. The van der Waals surface area contributed by atoms with E-state index >= 15 is 0 Å². The first-order valence-corrected chi connectivity index (χ1v) is 8.10. The number of carbonyl (C=O) groups excluding carboxylic acids is 3. The van der Waals surface area contributed by atoms with Gasteiger partial charge in [0.25, 0.3) is 0 Å². The number of allylic oxidation sites excluding steroid dienone is 2. The van der Waals surface area contributed by atoms with Crippen LogP contribution < -0.4 is 5.32 Å². The summed E-state index contributed by atoms with van der Waals surface area (Å²) >= 11 is 0. The number of carbonyl (C=O) groups is 3. The van der Waals surface area contributed by atoms with Crippen molar-refractivity contribution in [2.45, 2.75) is 40.0 Å². The van der Waals surface area contributed by atoms with Gasteiger partial charge in [0.2, 0.25) is 11.5 Å². The highest BCUT2D eigenvalue weighted by Gasteiger charge is 2.10. The minimum atomic E-state index is -0.944. The smallest absolute Gasteiger partial charge is 0.407 e. The van der Waals surface area contributed by atoms with Crippen LogP contribution in [0.25, 0.3) is 0 Å². The monoisotopic (exact) mass is 387 g/mol. The van der Waals surface area contributed by atoms with Crippen LogP contribution in [0.15, 0.2) is 24.0 Å². The Morgan fingerprint density at radius 1 is 1.26 bits per heavy atom. The summed E-state index contributed by atoms with van der Waals surface area (Å²) in [5.74, 6) is -1.89. The largest absolute Gasteiger partial charge is 0.502 e. The molecule has 1 rings (SSSR count). The number of aliphatic hydroxyl groups is 2. The maximum atomic E-state index is 11.3. The van der Waals surface area contributed by atoms with Crippen molar-refractivity contribution in [1.82, 2.24) is 15.3 Å². The summed E-state index contributed by atoms with van der Waals surface area (Å²) in [7, 11) is 0. The van der Waals surface area contributed by atoms with Crippen molar-refractivity contribution in [3.63, 3.8) is 0 Å². The quantitative estimate of drug-likeness (QED) is 0.226. The van der Waals surface area contributed by atoms with Crippen LogP contribution in [-0.2, 0) is 20.7 Å². The number of amides is 1. The molecule has 0 aliphatic heterocycles. The van der Waals surface area contributed by atoms with Crippen LogP contribution in [0.5, 0.6) is 0 Å². The number of aromatic amines is 1. The van der Waals surface area contributed by atoms with E-state index in [1.807, 2.05) is 0 Å². The first kappa shape index (κ1) is 26.4. The molecule has 1 heterocycles. The van der Waals surface area contributed by atoms with E-state index in [4.69, 9.17) is 14.9 Å². The summed E-state index contributed by atoms with van der Waals surface area (Å²) in [6, 6.07) is 0. The highest BCUT2D eigenvalue weighted by Crippen LogP contribution is 2.16. The highest BCUT2D eigenvalue weighted by atomic mass is 16.5. The van der Waals surface area contributed by atoms with Crippen molar-refractivity contribution >= 4 is 18.7 Å². The van der Waals surface area contributed by atoms with Gasteiger partial charge in [-0.05, 0) is 24.7 Å². The summed E-state index contributed by atoms with van der Waals surface area (Å²) < 4.78 is 5.07. The van der Waals surface area contributed by atoms with Crippen LogP contribution in [0.2, 0.25) is 0 Å². The van der Waals surface area contributed by atoms with E-state index in [0.29, 0.717) is 13.2 Å². The third kappa shape index (κ3) is 15.1. The number of aliphatic hydroxyl groups excluding tert-OH is 2. The van der Waals surface area contributed by atoms with Crippen molar-refractivity contribution in [1.29, 1.82) is 0 Å². The van der Waals surface area contributed by atoms with Gasteiger partial charge >= 0.3 is 6.09 Å². The second-order valence-electron chi connectivity index (χ2n) is 6.56. The van der Waals surface area contributed by atoms with Crippen LogP contribution in [-0.4, -0.2) is 57.5 Å². The molecule has 0 fully saturated rings. The summed E-state index contributed by atoms with van der Waals surface area (Å²) in [4.78, 5) is 37.2. The Bertz CT molecular complexity index is 562. The Morgan fingerprint density at radius 3 is 2.30 bits per heavy atom. The molecule has 1 aromatic heterocycles. The van der Waals surface area contributed by atoms with Crippen LogP contribution >= 0.6 is 0 Å². The first-order valence-electron chi connectivity index (χ1n) is 8.10. The molecule has 1 aromatic rings. The molecule has 0 aliphatic rings. The number of nitrogens with zero attached hydrogens (tertiary/aromatic N) is 1. The highest BCUT2D eigenvalue weighted by molar-refractivity contribution is 5.81. The summed E-state index contributed by atoms with van der Waals surface area (Å²) in [6.07, 6.45) is 5.64. The second kappa shape index (κ2) is 14.3. The van der Waals surface area contributed by atoms with Gasteiger partial charge in [-0.15, -0.1) is 0 Å². The molecule has 10 nitrogen and oxygen atoms in total. The zero-order valence-corrected chi connectivity index (χ0v) is 15.8. The molecular formula is C17H29N3O7. The number of ether oxygens (including phenoxy) is 1. The fraction of sp³-hybridized carbons (Fsp3) is 0.529. The van der Waals surface area contributed by atoms with Crippen LogP contribution in [0, 0.1) is 5.41 Å². The Labute approximate surface area is 158 Å². The van der Waals surface area contributed by atoms with Crippen LogP contribution in [0.1, 0.15) is 39.3 Å². The minimum absolute atomic E-state index is 0. The van der Waals surface area contributed by atoms with Crippen LogP contribution in [0.3, 0.4) is 0 Å². The van der Waals surface area contributed by atoms with Crippen molar-refractivity contribution in [2.24, 2.45) is 5.41 Å². The zero-order valence-electron chi connectivity index (χ0n) is 15.8. The minimum Gasteiger partial charge on any atom is -0.502 e. The number of aryl methyl sites for hydroxylation is 1. The van der Waals surface area contributed by atoms with Gasteiger partial charge in [0.05, 0.1) is 12.9 Å². The fourth-order valence-electron chi connectivity index (χ4n) is 1.56. The van der Waals surface area contributed by atoms with E-state index < -0.39 is 11.5 Å². The maximum absolute atomic E-state index is 11.3. The predicted octanol–water partition coefficient (Wildman–Crippen LogP) is 1.39. The SMILES string of the molecule is CC(C)(C)CCNC(=O)OCCCc1cnc[nH]1.O.O=CC(O)=C(O)C=O. The zero-order chi connectivity index (χ0) is 20.0. The Kier molecular flexibility index (Phi) is 14.0. The number of rotatable bonds is 8. The molecule has 0 bridgehead atoms. The summed E-state index contributed by atoms with van der Waals surface area (Å²) in [6.45, 7) is 7.52. The average Bonchev–Trinajstić information content (AvgIpc) is 3.10. The maximum Gasteiger partial charge on any atom is 0.407 e. The van der Waals surface area contributed by atoms with E-state index in [-0.39, 0.29) is 29.6 Å². The van der Waals surface area contributed by atoms with Crippen molar-refractivity contribution in [3.8, 4) is 0 Å². The van der Waals surface area contributed by atoms with E-state index in [0.717, 1.165) is 25.0 Å². The molecule has 27 heavy (non-hydrogen) atoms. The molecule has 0 spiro atoms. The average molecular weight is 387 g/mol. The number of aldehydes is 2. The van der Waals surface area contributed by atoms with Gasteiger partial charge in [-0.2, -0.15) is 0 Å². The third-order valence-electron chi connectivity index (χ3n) is 3.01. The van der Waals surface area contributed by atoms with Gasteiger partial charge in [0, 0.05) is 18.4 Å². The van der Waals surface area contributed by atoms with Crippen molar-refractivity contribution in [3.05, 3.63) is 29.7 Å². The topological polar surface area (TPSA) is 173 Å². The van der Waals surface area contributed by atoms with Gasteiger partial charge in [-0.1, -0.05) is 20.8 Å². The van der Waals surface area contributed by atoms with Gasteiger partial charge in [-0.3, -0.25) is 9.59 Å². The molecule has 0 aromatic carbocycles. The number of hydrogen-bond acceptors (Lipinski definition) is 7. The molecule has 0 saturated carbocycles. The van der Waals surface area contributed by atoms with E-state index in [9.17, 15) is 14.4 Å². The molecule has 0 aliphatic carbocycles. The number of H-pyrrole nitrogens is 1. The lowest BCUT2D eigenvalue weighted by atomic mass is 9.92. The van der Waals surface area contributed by atoms with Crippen molar-refractivity contribution < 1.29 is 34.8 Å². The molecular weight excluding hydrogens is 358 g/mol. The van der Waals surface area contributed by atoms with Gasteiger partial charge in [0.1, 0.15) is 0 Å². The van der Waals surface area contributed by atoms with Gasteiger partial charge in [0.15, 0.2) is 12.6 Å². The van der Waals surface area contributed by atoms with Gasteiger partial charge < -0.3 is 30.7 Å². The lowest BCUT2D eigenvalue weighted by Crippen LogP contribution is -2.28. The molecule has 154 valence electrons. The fourth-order valence-corrected chi connectivity index (χ4v) is 1.56. The molecule has 0 unspecified atom stereocenters. The van der Waals surface area contributed by atoms with E-state index in [2.05, 4.69) is 36.1 Å².